The average molecular weight is 269 g/mol. The first kappa shape index (κ1) is 12.9. The predicted octanol–water partition coefficient (Wildman–Crippen LogP) is 3.62. The Morgan fingerprint density at radius 1 is 1.37 bits per heavy atom. The summed E-state index contributed by atoms with van der Waals surface area (Å²) in [6, 6.07) is 3.87. The van der Waals surface area contributed by atoms with Gasteiger partial charge in [0.1, 0.15) is 5.82 Å². The van der Waals surface area contributed by atoms with Gasteiger partial charge < -0.3 is 4.42 Å². The fraction of sp³-hybridized carbons (Fsp3) is 0.200. The fourth-order valence-corrected chi connectivity index (χ4v) is 1.38. The molecule has 1 aromatic heterocycles. The second-order valence-corrected chi connectivity index (χ2v) is 3.45. The number of halogens is 3. The van der Waals surface area contributed by atoms with Crippen molar-refractivity contribution in [1.82, 2.24) is 10.2 Å². The molecule has 0 amide bonds. The molecular weight excluding hydrogens is 263 g/mol. The lowest BCUT2D eigenvalue weighted by Gasteiger charge is -2.00. The molecule has 0 aliphatic heterocycles. The largest absolute Gasteiger partial charge is 0.415 e. The van der Waals surface area contributed by atoms with Crippen molar-refractivity contribution in [2.75, 3.05) is 0 Å². The molecule has 0 N–H and O–H groups in total. The van der Waals surface area contributed by atoms with E-state index >= 15 is 0 Å². The minimum Gasteiger partial charge on any atom is -0.415 e. The van der Waals surface area contributed by atoms with Gasteiger partial charge in [-0.2, -0.15) is 8.78 Å². The highest BCUT2D eigenvalue weighted by Gasteiger charge is 2.18. The molecule has 0 aliphatic carbocycles. The van der Waals surface area contributed by atoms with Crippen molar-refractivity contribution >= 4 is 0 Å². The van der Waals surface area contributed by atoms with Crippen LogP contribution < -0.4 is 0 Å². The van der Waals surface area contributed by atoms with Crippen LogP contribution in [0.3, 0.4) is 0 Å². The lowest BCUT2D eigenvalue weighted by molar-refractivity contribution is 0.116. The molecule has 9 heteroatoms. The van der Waals surface area contributed by atoms with Gasteiger partial charge in [-0.1, -0.05) is 11.2 Å². The van der Waals surface area contributed by atoms with E-state index in [4.69, 9.17) is 5.53 Å². The first-order chi connectivity index (χ1) is 9.11. The first-order valence-corrected chi connectivity index (χ1v) is 5.03. The molecule has 1 heterocycles. The van der Waals surface area contributed by atoms with Crippen LogP contribution in [-0.2, 0) is 6.54 Å². The fourth-order valence-electron chi connectivity index (χ4n) is 1.38. The zero-order valence-corrected chi connectivity index (χ0v) is 9.29. The minimum absolute atomic E-state index is 0.0141. The van der Waals surface area contributed by atoms with Crippen LogP contribution in [0.1, 0.15) is 17.9 Å². The van der Waals surface area contributed by atoms with E-state index in [1.165, 1.54) is 12.1 Å². The van der Waals surface area contributed by atoms with Gasteiger partial charge in [-0.25, -0.2) is 4.39 Å². The Bertz CT molecular complexity index is 636. The third-order valence-corrected chi connectivity index (χ3v) is 2.21. The van der Waals surface area contributed by atoms with Gasteiger partial charge in [-0.15, -0.1) is 10.2 Å². The van der Waals surface area contributed by atoms with E-state index in [0.717, 1.165) is 6.07 Å². The van der Waals surface area contributed by atoms with Gasteiger partial charge >= 0.3 is 6.43 Å². The quantitative estimate of drug-likeness (QED) is 0.482. The molecule has 0 saturated carbocycles. The normalized spacial score (nSPS) is 10.5. The number of nitrogens with zero attached hydrogens (tertiary/aromatic N) is 5. The van der Waals surface area contributed by atoms with Crippen molar-refractivity contribution in [3.63, 3.8) is 0 Å². The molecule has 1 aromatic carbocycles. The predicted molar refractivity (Wildman–Crippen MR) is 57.5 cm³/mol. The highest BCUT2D eigenvalue weighted by molar-refractivity contribution is 5.54. The maximum atomic E-state index is 13.7. The second kappa shape index (κ2) is 5.40. The molecule has 2 aromatic rings. The Morgan fingerprint density at radius 2 is 2.16 bits per heavy atom. The molecule has 98 valence electrons. The summed E-state index contributed by atoms with van der Waals surface area (Å²) in [6.07, 6.45) is -2.91. The van der Waals surface area contributed by atoms with E-state index in [9.17, 15) is 13.2 Å². The van der Waals surface area contributed by atoms with Crippen molar-refractivity contribution in [1.29, 1.82) is 0 Å². The Hall–Kier alpha value is -2.54. The molecule has 0 spiro atoms. The summed E-state index contributed by atoms with van der Waals surface area (Å²) in [4.78, 5) is 2.54. The van der Waals surface area contributed by atoms with Crippen LogP contribution in [0, 0.1) is 5.82 Å². The monoisotopic (exact) mass is 269 g/mol. The topological polar surface area (TPSA) is 87.7 Å². The lowest BCUT2D eigenvalue weighted by atomic mass is 10.1. The average Bonchev–Trinajstić information content (AvgIpc) is 2.86. The number of aromatic nitrogens is 2. The summed E-state index contributed by atoms with van der Waals surface area (Å²) >= 11 is 0. The van der Waals surface area contributed by atoms with Gasteiger partial charge in [0.25, 0.3) is 11.8 Å². The van der Waals surface area contributed by atoms with Gasteiger partial charge in [-0.3, -0.25) is 0 Å². The molecule has 0 saturated heterocycles. The van der Waals surface area contributed by atoms with E-state index in [1.54, 1.807) is 0 Å². The maximum absolute atomic E-state index is 13.7. The molecule has 0 unspecified atom stereocenters. The summed E-state index contributed by atoms with van der Waals surface area (Å²) in [5, 5.41) is 9.72. The third kappa shape index (κ3) is 2.83. The molecule has 19 heavy (non-hydrogen) atoms. The van der Waals surface area contributed by atoms with Crippen molar-refractivity contribution in [3.05, 3.63) is 45.9 Å². The van der Waals surface area contributed by atoms with Gasteiger partial charge in [0, 0.05) is 4.91 Å². The Balaban J connectivity index is 2.31. The zero-order chi connectivity index (χ0) is 13.8. The highest BCUT2D eigenvalue weighted by Crippen LogP contribution is 2.25. The van der Waals surface area contributed by atoms with Crippen LogP contribution in [0.4, 0.5) is 13.2 Å². The summed E-state index contributed by atoms with van der Waals surface area (Å²) < 4.78 is 42.9. The van der Waals surface area contributed by atoms with Crippen LogP contribution in [0.25, 0.3) is 21.9 Å². The van der Waals surface area contributed by atoms with Crippen molar-refractivity contribution < 1.29 is 17.6 Å². The molecule has 0 aliphatic rings. The number of azide groups is 1. The number of hydrogen-bond donors (Lipinski definition) is 0. The third-order valence-electron chi connectivity index (χ3n) is 2.21. The van der Waals surface area contributed by atoms with E-state index in [2.05, 4.69) is 24.6 Å². The molecule has 0 bridgehead atoms. The molecular formula is C10H6F3N5O. The first-order valence-electron chi connectivity index (χ1n) is 5.03. The van der Waals surface area contributed by atoms with Crippen molar-refractivity contribution in [3.8, 4) is 11.5 Å². The van der Waals surface area contributed by atoms with Crippen LogP contribution in [0.5, 0.6) is 0 Å². The molecule has 0 fully saturated rings. The smallest absolute Gasteiger partial charge is 0.314 e. The summed E-state index contributed by atoms with van der Waals surface area (Å²) in [5.41, 5.74) is 8.49. The van der Waals surface area contributed by atoms with Crippen molar-refractivity contribution in [2.24, 2.45) is 5.11 Å². The van der Waals surface area contributed by atoms with E-state index in [0.29, 0.717) is 5.56 Å². The minimum atomic E-state index is -2.91. The Kier molecular flexibility index (Phi) is 3.67. The van der Waals surface area contributed by atoms with Crippen LogP contribution in [-0.4, -0.2) is 10.2 Å². The highest BCUT2D eigenvalue weighted by atomic mass is 19.3. The summed E-state index contributed by atoms with van der Waals surface area (Å²) in [6.45, 7) is -0.0141. The second-order valence-electron chi connectivity index (χ2n) is 3.45. The standard InChI is InChI=1S/C10H6F3N5O/c11-7-3-5(4-15-18-14)1-2-6(7)9-16-17-10(19-9)8(12)13/h1-3,8H,4H2. The summed E-state index contributed by atoms with van der Waals surface area (Å²) in [7, 11) is 0. The Labute approximate surface area is 104 Å². The number of rotatable bonds is 4. The van der Waals surface area contributed by atoms with E-state index < -0.39 is 18.1 Å². The van der Waals surface area contributed by atoms with Crippen LogP contribution >= 0.6 is 0 Å². The van der Waals surface area contributed by atoms with Crippen LogP contribution in [0.15, 0.2) is 27.7 Å². The molecule has 0 radical (unpaired) electrons. The molecule has 0 atom stereocenters. The van der Waals surface area contributed by atoms with Crippen LogP contribution in [0.2, 0.25) is 0 Å². The zero-order valence-electron chi connectivity index (χ0n) is 9.29. The van der Waals surface area contributed by atoms with Gasteiger partial charge in [0.05, 0.1) is 12.1 Å². The summed E-state index contributed by atoms with van der Waals surface area (Å²) in [5.74, 6) is -1.93. The van der Waals surface area contributed by atoms with Gasteiger partial charge in [0.2, 0.25) is 0 Å². The number of hydrogen-bond acceptors (Lipinski definition) is 4. The van der Waals surface area contributed by atoms with E-state index in [1.807, 2.05) is 0 Å². The Morgan fingerprint density at radius 3 is 2.74 bits per heavy atom. The maximum Gasteiger partial charge on any atom is 0.314 e. The SMILES string of the molecule is [N-]=[N+]=NCc1ccc(-c2nnc(C(F)F)o2)c(F)c1. The lowest BCUT2D eigenvalue weighted by Crippen LogP contribution is -1.88. The van der Waals surface area contributed by atoms with E-state index in [-0.39, 0.29) is 18.0 Å². The number of benzene rings is 1. The van der Waals surface area contributed by atoms with Crippen molar-refractivity contribution in [2.45, 2.75) is 13.0 Å². The van der Waals surface area contributed by atoms with Gasteiger partial charge in [0.15, 0.2) is 0 Å². The number of alkyl halides is 2. The molecule has 6 nitrogen and oxygen atoms in total. The molecule has 2 rings (SSSR count). The van der Waals surface area contributed by atoms with Gasteiger partial charge in [-0.05, 0) is 23.2 Å².